The van der Waals surface area contributed by atoms with Gasteiger partial charge >= 0.3 is 0 Å². The van der Waals surface area contributed by atoms with E-state index >= 15 is 0 Å². The maximum Gasteiger partial charge on any atom is 0.129 e. The van der Waals surface area contributed by atoms with Gasteiger partial charge in [-0.05, 0) is 22.6 Å². The van der Waals surface area contributed by atoms with Gasteiger partial charge in [0.1, 0.15) is 5.82 Å². The third-order valence-electron chi connectivity index (χ3n) is 1.77. The van der Waals surface area contributed by atoms with E-state index in [1.54, 1.807) is 6.20 Å². The lowest BCUT2D eigenvalue weighted by atomic mass is 10.2. The molecule has 58 valence electrons. The predicted octanol–water partition coefficient (Wildman–Crippen LogP) is 1.30. The van der Waals surface area contributed by atoms with Crippen LogP contribution < -0.4 is 5.73 Å². The van der Waals surface area contributed by atoms with Gasteiger partial charge in [-0.25, -0.2) is 4.98 Å². The van der Waals surface area contributed by atoms with Gasteiger partial charge in [0.15, 0.2) is 0 Å². The van der Waals surface area contributed by atoms with Gasteiger partial charge in [-0.2, -0.15) is 0 Å². The summed E-state index contributed by atoms with van der Waals surface area (Å²) in [5, 5.41) is 0. The van der Waals surface area contributed by atoms with Gasteiger partial charge in [-0.1, -0.05) is 0 Å². The molecular weight excluding hydrogens is 255 g/mol. The quantitative estimate of drug-likeness (QED) is 0.717. The van der Waals surface area contributed by atoms with Crippen molar-refractivity contribution in [3.8, 4) is 0 Å². The molecule has 1 aromatic heterocycles. The summed E-state index contributed by atoms with van der Waals surface area (Å²) in [6.45, 7) is 1.30. The Labute approximate surface area is 78.1 Å². The fourth-order valence-corrected chi connectivity index (χ4v) is 1.77. The van der Waals surface area contributed by atoms with Crippen LogP contribution in [0.5, 0.6) is 0 Å². The van der Waals surface area contributed by atoms with E-state index in [4.69, 9.17) is 10.5 Å². The van der Waals surface area contributed by atoms with Gasteiger partial charge in [0, 0.05) is 20.9 Å². The Kier molecular flexibility index (Phi) is 1.72. The molecule has 0 aliphatic carbocycles. The summed E-state index contributed by atoms with van der Waals surface area (Å²) in [4.78, 5) is 4.04. The number of hydrogen-bond acceptors (Lipinski definition) is 3. The van der Waals surface area contributed by atoms with E-state index in [0.29, 0.717) is 19.0 Å². The van der Waals surface area contributed by atoms with Crippen LogP contribution in [0.4, 0.5) is 5.82 Å². The molecule has 0 unspecified atom stereocenters. The average molecular weight is 262 g/mol. The predicted molar refractivity (Wildman–Crippen MR) is 49.9 cm³/mol. The molecule has 4 heteroatoms. The minimum Gasteiger partial charge on any atom is -0.383 e. The number of nitrogen functional groups attached to an aromatic ring is 1. The number of pyridine rings is 1. The summed E-state index contributed by atoms with van der Waals surface area (Å²) in [5.74, 6) is 0.609. The molecule has 0 bridgehead atoms. The van der Waals surface area contributed by atoms with Gasteiger partial charge in [0.25, 0.3) is 0 Å². The number of rotatable bonds is 0. The fourth-order valence-electron chi connectivity index (χ4n) is 1.15. The average Bonchev–Trinajstić information content (AvgIpc) is 2.45. The SMILES string of the molecule is Nc1ncc(I)c2c1COC2. The Bertz CT molecular complexity index is 272. The zero-order valence-corrected chi connectivity index (χ0v) is 7.96. The molecule has 0 fully saturated rings. The van der Waals surface area contributed by atoms with Crippen LogP contribution in [-0.4, -0.2) is 4.98 Å². The lowest BCUT2D eigenvalue weighted by Crippen LogP contribution is -1.98. The molecule has 0 atom stereocenters. The molecule has 0 saturated heterocycles. The second-order valence-corrected chi connectivity index (χ2v) is 3.60. The molecule has 2 N–H and O–H groups in total. The standard InChI is InChI=1S/C7H7IN2O/c8-6-1-10-7(9)5-3-11-2-4(5)6/h1H,2-3H2,(H2,9,10). The van der Waals surface area contributed by atoms with Crippen LogP contribution in [-0.2, 0) is 18.0 Å². The minimum atomic E-state index is 0.609. The largest absolute Gasteiger partial charge is 0.383 e. The highest BCUT2D eigenvalue weighted by Crippen LogP contribution is 2.27. The Balaban J connectivity index is 2.64. The van der Waals surface area contributed by atoms with Crippen molar-refractivity contribution in [2.24, 2.45) is 0 Å². The molecule has 11 heavy (non-hydrogen) atoms. The van der Waals surface area contributed by atoms with Crippen molar-refractivity contribution in [2.75, 3.05) is 5.73 Å². The first kappa shape index (κ1) is 7.30. The monoisotopic (exact) mass is 262 g/mol. The summed E-state index contributed by atoms with van der Waals surface area (Å²) in [7, 11) is 0. The minimum absolute atomic E-state index is 0.609. The normalized spacial score (nSPS) is 15.0. The van der Waals surface area contributed by atoms with Crippen LogP contribution in [0.2, 0.25) is 0 Å². The molecule has 3 nitrogen and oxygen atoms in total. The molecule has 0 radical (unpaired) electrons. The summed E-state index contributed by atoms with van der Waals surface area (Å²) in [5.41, 5.74) is 7.92. The number of halogens is 1. The van der Waals surface area contributed by atoms with Crippen molar-refractivity contribution >= 4 is 28.4 Å². The van der Waals surface area contributed by atoms with Crippen molar-refractivity contribution in [3.05, 3.63) is 20.9 Å². The number of nitrogens with zero attached hydrogens (tertiary/aromatic N) is 1. The van der Waals surface area contributed by atoms with Crippen molar-refractivity contribution in [1.82, 2.24) is 4.98 Å². The van der Waals surface area contributed by atoms with E-state index in [-0.39, 0.29) is 0 Å². The smallest absolute Gasteiger partial charge is 0.129 e. The maximum atomic E-state index is 5.65. The van der Waals surface area contributed by atoms with Crippen LogP contribution in [0.25, 0.3) is 0 Å². The van der Waals surface area contributed by atoms with E-state index in [2.05, 4.69) is 27.6 Å². The third-order valence-corrected chi connectivity index (χ3v) is 2.70. The maximum absolute atomic E-state index is 5.65. The zero-order valence-electron chi connectivity index (χ0n) is 5.80. The first-order valence-corrected chi connectivity index (χ1v) is 4.36. The summed E-state index contributed by atoms with van der Waals surface area (Å²) >= 11 is 2.24. The Morgan fingerprint density at radius 2 is 2.18 bits per heavy atom. The lowest BCUT2D eigenvalue weighted by molar-refractivity contribution is 0.134. The molecule has 0 saturated carbocycles. The molecule has 0 spiro atoms. The number of fused-ring (bicyclic) bond motifs is 1. The van der Waals surface area contributed by atoms with E-state index in [1.165, 1.54) is 5.56 Å². The van der Waals surface area contributed by atoms with Gasteiger partial charge in [-0.3, -0.25) is 0 Å². The molecule has 2 heterocycles. The van der Waals surface area contributed by atoms with Gasteiger partial charge in [-0.15, -0.1) is 0 Å². The molecular formula is C7H7IN2O. The van der Waals surface area contributed by atoms with Crippen LogP contribution in [0, 0.1) is 3.57 Å². The van der Waals surface area contributed by atoms with Crippen LogP contribution >= 0.6 is 22.6 Å². The molecule has 0 aromatic carbocycles. The topological polar surface area (TPSA) is 48.1 Å². The molecule has 1 aliphatic rings. The first-order valence-electron chi connectivity index (χ1n) is 3.28. The van der Waals surface area contributed by atoms with Gasteiger partial charge in [0.05, 0.1) is 13.2 Å². The van der Waals surface area contributed by atoms with E-state index < -0.39 is 0 Å². The van der Waals surface area contributed by atoms with E-state index in [1.807, 2.05) is 0 Å². The van der Waals surface area contributed by atoms with Crippen molar-refractivity contribution in [1.29, 1.82) is 0 Å². The summed E-state index contributed by atoms with van der Waals surface area (Å²) < 4.78 is 6.39. The highest BCUT2D eigenvalue weighted by atomic mass is 127. The molecule has 1 aromatic rings. The Morgan fingerprint density at radius 1 is 1.45 bits per heavy atom. The lowest BCUT2D eigenvalue weighted by Gasteiger charge is -2.01. The second-order valence-electron chi connectivity index (χ2n) is 2.44. The van der Waals surface area contributed by atoms with E-state index in [0.717, 1.165) is 9.13 Å². The van der Waals surface area contributed by atoms with Gasteiger partial charge in [0.2, 0.25) is 0 Å². The summed E-state index contributed by atoms with van der Waals surface area (Å²) in [6, 6.07) is 0. The fraction of sp³-hybridized carbons (Fsp3) is 0.286. The van der Waals surface area contributed by atoms with Gasteiger partial charge < -0.3 is 10.5 Å². The van der Waals surface area contributed by atoms with E-state index in [9.17, 15) is 0 Å². The number of anilines is 1. The molecule has 1 aliphatic heterocycles. The van der Waals surface area contributed by atoms with Crippen molar-refractivity contribution in [3.63, 3.8) is 0 Å². The van der Waals surface area contributed by atoms with Crippen molar-refractivity contribution < 1.29 is 4.74 Å². The number of nitrogens with two attached hydrogens (primary N) is 1. The summed E-state index contributed by atoms with van der Waals surface area (Å²) in [6.07, 6.45) is 1.78. The third kappa shape index (κ3) is 1.10. The Morgan fingerprint density at radius 3 is 2.91 bits per heavy atom. The highest BCUT2D eigenvalue weighted by molar-refractivity contribution is 14.1. The highest BCUT2D eigenvalue weighted by Gasteiger charge is 2.17. The number of hydrogen-bond donors (Lipinski definition) is 1. The van der Waals surface area contributed by atoms with Crippen LogP contribution in [0.3, 0.4) is 0 Å². The van der Waals surface area contributed by atoms with Crippen LogP contribution in [0.15, 0.2) is 6.20 Å². The second kappa shape index (κ2) is 2.60. The number of ether oxygens (including phenoxy) is 1. The van der Waals surface area contributed by atoms with Crippen molar-refractivity contribution in [2.45, 2.75) is 13.2 Å². The Hall–Kier alpha value is -0.360. The number of aromatic nitrogens is 1. The van der Waals surface area contributed by atoms with Crippen LogP contribution in [0.1, 0.15) is 11.1 Å². The molecule has 0 amide bonds. The zero-order chi connectivity index (χ0) is 7.84. The first-order chi connectivity index (χ1) is 5.29. The molecule has 2 rings (SSSR count).